The van der Waals surface area contributed by atoms with Gasteiger partial charge < -0.3 is 14.8 Å². The van der Waals surface area contributed by atoms with E-state index >= 15 is 0 Å². The van der Waals surface area contributed by atoms with Crippen LogP contribution in [-0.4, -0.2) is 22.9 Å². The second-order valence-corrected chi connectivity index (χ2v) is 6.66. The Labute approximate surface area is 126 Å². The summed E-state index contributed by atoms with van der Waals surface area (Å²) in [6, 6.07) is 5.59. The number of anilines is 1. The fourth-order valence-electron chi connectivity index (χ4n) is 1.70. The monoisotopic (exact) mass is 305 g/mol. The first-order valence-corrected chi connectivity index (χ1v) is 7.30. The molecule has 1 aliphatic rings. The van der Waals surface area contributed by atoms with Gasteiger partial charge >= 0.3 is 0 Å². The Kier molecular flexibility index (Phi) is 3.29. The Balaban J connectivity index is 1.80. The summed E-state index contributed by atoms with van der Waals surface area (Å²) in [6.45, 7) is 5.79. The lowest BCUT2D eigenvalue weighted by Gasteiger charge is -2.15. The summed E-state index contributed by atoms with van der Waals surface area (Å²) >= 11 is 1.33. The maximum absolute atomic E-state index is 11.9. The van der Waals surface area contributed by atoms with Gasteiger partial charge in [-0.3, -0.25) is 4.79 Å². The predicted octanol–water partition coefficient (Wildman–Crippen LogP) is 2.92. The normalized spacial score (nSPS) is 13.3. The molecule has 1 N–H and O–H groups in total. The molecule has 1 amide bonds. The van der Waals surface area contributed by atoms with Crippen LogP contribution in [0.25, 0.3) is 10.6 Å². The van der Waals surface area contributed by atoms with Crippen molar-refractivity contribution in [2.75, 3.05) is 12.1 Å². The van der Waals surface area contributed by atoms with E-state index in [1.54, 1.807) is 0 Å². The third kappa shape index (κ3) is 2.82. The number of benzene rings is 1. The standard InChI is InChI=1S/C14H15N3O3S/c1-14(2,3)12(18)15-13-17-16-11(21-13)8-4-5-9-10(6-8)20-7-19-9/h4-6H,7H2,1-3H3,(H,15,17,18). The van der Waals surface area contributed by atoms with Crippen molar-refractivity contribution in [1.82, 2.24) is 10.2 Å². The SMILES string of the molecule is CC(C)(C)C(=O)Nc1nnc(-c2ccc3c(c2)OCO3)s1. The van der Waals surface area contributed by atoms with Crippen molar-refractivity contribution in [3.63, 3.8) is 0 Å². The van der Waals surface area contributed by atoms with Crippen LogP contribution >= 0.6 is 11.3 Å². The van der Waals surface area contributed by atoms with Gasteiger partial charge in [0.1, 0.15) is 5.01 Å². The molecular weight excluding hydrogens is 290 g/mol. The molecule has 0 bridgehead atoms. The van der Waals surface area contributed by atoms with E-state index in [2.05, 4.69) is 15.5 Å². The summed E-state index contributed by atoms with van der Waals surface area (Å²) in [5.41, 5.74) is 0.415. The molecule has 0 saturated heterocycles. The van der Waals surface area contributed by atoms with Gasteiger partial charge in [-0.25, -0.2) is 0 Å². The van der Waals surface area contributed by atoms with Gasteiger partial charge in [-0.15, -0.1) is 10.2 Å². The predicted molar refractivity (Wildman–Crippen MR) is 79.6 cm³/mol. The molecule has 0 unspecified atom stereocenters. The number of nitrogens with one attached hydrogen (secondary N) is 1. The summed E-state index contributed by atoms with van der Waals surface area (Å²) in [6.07, 6.45) is 0. The maximum atomic E-state index is 11.9. The molecule has 2 heterocycles. The summed E-state index contributed by atoms with van der Waals surface area (Å²) in [4.78, 5) is 11.9. The molecule has 0 radical (unpaired) electrons. The third-order valence-electron chi connectivity index (χ3n) is 2.95. The smallest absolute Gasteiger partial charge is 0.231 e. The quantitative estimate of drug-likeness (QED) is 0.923. The Morgan fingerprint density at radius 3 is 2.76 bits per heavy atom. The highest BCUT2D eigenvalue weighted by Gasteiger charge is 2.23. The van der Waals surface area contributed by atoms with E-state index < -0.39 is 5.41 Å². The molecule has 110 valence electrons. The molecule has 2 aromatic rings. The topological polar surface area (TPSA) is 73.3 Å². The number of amides is 1. The van der Waals surface area contributed by atoms with Gasteiger partial charge in [0.25, 0.3) is 0 Å². The molecule has 0 fully saturated rings. The highest BCUT2D eigenvalue weighted by molar-refractivity contribution is 7.18. The van der Waals surface area contributed by atoms with Crippen LogP contribution in [0.4, 0.5) is 5.13 Å². The number of ether oxygens (including phenoxy) is 2. The summed E-state index contributed by atoms with van der Waals surface area (Å²) < 4.78 is 10.6. The van der Waals surface area contributed by atoms with E-state index in [9.17, 15) is 4.79 Å². The zero-order valence-electron chi connectivity index (χ0n) is 12.0. The summed E-state index contributed by atoms with van der Waals surface area (Å²) in [7, 11) is 0. The van der Waals surface area contributed by atoms with Crippen LogP contribution in [0.1, 0.15) is 20.8 Å². The lowest BCUT2D eigenvalue weighted by molar-refractivity contribution is -0.123. The van der Waals surface area contributed by atoms with Gasteiger partial charge in [-0.2, -0.15) is 0 Å². The van der Waals surface area contributed by atoms with Crippen molar-refractivity contribution >= 4 is 22.4 Å². The van der Waals surface area contributed by atoms with Gasteiger partial charge in [0.2, 0.25) is 17.8 Å². The van der Waals surface area contributed by atoms with Gasteiger partial charge in [0.05, 0.1) is 0 Å². The van der Waals surface area contributed by atoms with Gasteiger partial charge in [-0.1, -0.05) is 32.1 Å². The second-order valence-electron chi connectivity index (χ2n) is 5.68. The van der Waals surface area contributed by atoms with Crippen LogP contribution in [0.15, 0.2) is 18.2 Å². The van der Waals surface area contributed by atoms with Crippen molar-refractivity contribution in [2.45, 2.75) is 20.8 Å². The molecule has 7 heteroatoms. The van der Waals surface area contributed by atoms with E-state index in [1.165, 1.54) is 11.3 Å². The number of carbonyl (C=O) groups excluding carboxylic acids is 1. The average Bonchev–Trinajstić information content (AvgIpc) is 3.04. The summed E-state index contributed by atoms with van der Waals surface area (Å²) in [5.74, 6) is 1.34. The molecule has 1 aromatic heterocycles. The average molecular weight is 305 g/mol. The van der Waals surface area contributed by atoms with E-state index in [-0.39, 0.29) is 12.7 Å². The Morgan fingerprint density at radius 2 is 2.00 bits per heavy atom. The van der Waals surface area contributed by atoms with E-state index in [0.29, 0.717) is 10.9 Å². The fourth-order valence-corrected chi connectivity index (χ4v) is 2.44. The maximum Gasteiger partial charge on any atom is 0.231 e. The lowest BCUT2D eigenvalue weighted by Crippen LogP contribution is -2.27. The molecule has 3 rings (SSSR count). The van der Waals surface area contributed by atoms with Gasteiger partial charge in [-0.05, 0) is 18.2 Å². The lowest BCUT2D eigenvalue weighted by atomic mass is 9.96. The Hall–Kier alpha value is -2.15. The van der Waals surface area contributed by atoms with E-state index in [0.717, 1.165) is 16.3 Å². The number of hydrogen-bond acceptors (Lipinski definition) is 6. The Morgan fingerprint density at radius 1 is 1.24 bits per heavy atom. The number of rotatable bonds is 2. The molecule has 6 nitrogen and oxygen atoms in total. The number of aromatic nitrogens is 2. The van der Waals surface area contributed by atoms with Crippen molar-refractivity contribution in [3.05, 3.63) is 18.2 Å². The molecule has 0 saturated carbocycles. The van der Waals surface area contributed by atoms with E-state index in [1.807, 2.05) is 39.0 Å². The number of fused-ring (bicyclic) bond motifs is 1. The van der Waals surface area contributed by atoms with Crippen LogP contribution in [0.2, 0.25) is 0 Å². The molecule has 0 atom stereocenters. The third-order valence-corrected chi connectivity index (χ3v) is 3.83. The first kappa shape index (κ1) is 13.8. The molecular formula is C14H15N3O3S. The van der Waals surface area contributed by atoms with Crippen molar-refractivity contribution in [1.29, 1.82) is 0 Å². The molecule has 0 aliphatic carbocycles. The molecule has 1 aromatic carbocycles. The van der Waals surface area contributed by atoms with Crippen molar-refractivity contribution in [2.24, 2.45) is 5.41 Å². The van der Waals surface area contributed by atoms with Crippen molar-refractivity contribution in [3.8, 4) is 22.1 Å². The molecule has 21 heavy (non-hydrogen) atoms. The fraction of sp³-hybridized carbons (Fsp3) is 0.357. The summed E-state index contributed by atoms with van der Waals surface area (Å²) in [5, 5.41) is 12.1. The minimum absolute atomic E-state index is 0.0871. The van der Waals surface area contributed by atoms with Gasteiger partial charge in [0, 0.05) is 11.0 Å². The highest BCUT2D eigenvalue weighted by atomic mass is 32.1. The number of nitrogens with zero attached hydrogens (tertiary/aromatic N) is 2. The van der Waals surface area contributed by atoms with E-state index in [4.69, 9.17) is 9.47 Å². The largest absolute Gasteiger partial charge is 0.454 e. The Bertz CT molecular complexity index is 691. The van der Waals surface area contributed by atoms with Crippen LogP contribution in [0.3, 0.4) is 0 Å². The van der Waals surface area contributed by atoms with Crippen LogP contribution in [-0.2, 0) is 4.79 Å². The number of carbonyl (C=O) groups is 1. The zero-order valence-corrected chi connectivity index (χ0v) is 12.8. The first-order valence-electron chi connectivity index (χ1n) is 6.48. The van der Waals surface area contributed by atoms with Crippen molar-refractivity contribution < 1.29 is 14.3 Å². The molecule has 0 spiro atoms. The van der Waals surface area contributed by atoms with Crippen LogP contribution in [0.5, 0.6) is 11.5 Å². The molecule has 1 aliphatic heterocycles. The van der Waals surface area contributed by atoms with Crippen LogP contribution < -0.4 is 14.8 Å². The van der Waals surface area contributed by atoms with Crippen LogP contribution in [0, 0.1) is 5.41 Å². The second kappa shape index (κ2) is 5.00. The zero-order chi connectivity index (χ0) is 15.0. The minimum atomic E-state index is -0.468. The first-order chi connectivity index (χ1) is 9.93. The highest BCUT2D eigenvalue weighted by Crippen LogP contribution is 2.37. The van der Waals surface area contributed by atoms with Gasteiger partial charge in [0.15, 0.2) is 11.5 Å². The minimum Gasteiger partial charge on any atom is -0.454 e. The number of hydrogen-bond donors (Lipinski definition) is 1.